The van der Waals surface area contributed by atoms with Crippen LogP contribution in [0.2, 0.25) is 5.02 Å². The lowest BCUT2D eigenvalue weighted by molar-refractivity contribution is -0.120. The lowest BCUT2D eigenvalue weighted by Crippen LogP contribution is -2.41. The fraction of sp³-hybridized carbons (Fsp3) is 0.389. The Morgan fingerprint density at radius 2 is 2.12 bits per heavy atom. The molecule has 1 fully saturated rings. The molecule has 132 valence electrons. The zero-order chi connectivity index (χ0) is 17.8. The van der Waals surface area contributed by atoms with Gasteiger partial charge in [-0.15, -0.1) is 0 Å². The molecule has 0 spiro atoms. The zero-order valence-corrected chi connectivity index (χ0v) is 15.1. The van der Waals surface area contributed by atoms with Crippen molar-refractivity contribution < 1.29 is 9.53 Å². The van der Waals surface area contributed by atoms with E-state index in [2.05, 4.69) is 20.2 Å². The first kappa shape index (κ1) is 17.5. The summed E-state index contributed by atoms with van der Waals surface area (Å²) in [5, 5.41) is 3.59. The van der Waals surface area contributed by atoms with Gasteiger partial charge < -0.3 is 15.0 Å². The predicted octanol–water partition coefficient (Wildman–Crippen LogP) is 3.30. The molecule has 0 saturated carbocycles. The van der Waals surface area contributed by atoms with E-state index in [9.17, 15) is 4.79 Å². The van der Waals surface area contributed by atoms with Crippen molar-refractivity contribution >= 4 is 29.1 Å². The molecule has 2 heterocycles. The number of carbonyl (C=O) groups is 1. The summed E-state index contributed by atoms with van der Waals surface area (Å²) in [6.07, 6.45) is 5.19. The Morgan fingerprint density at radius 1 is 1.36 bits per heavy atom. The van der Waals surface area contributed by atoms with Crippen molar-refractivity contribution in [1.82, 2.24) is 9.97 Å². The molecule has 1 aromatic heterocycles. The number of hydrogen-bond donors (Lipinski definition) is 1. The van der Waals surface area contributed by atoms with Crippen LogP contribution in [0, 0.1) is 12.8 Å². The molecule has 6 nitrogen and oxygen atoms in total. The molecule has 2 aromatic rings. The molecule has 1 atom stereocenters. The van der Waals surface area contributed by atoms with Crippen molar-refractivity contribution in [2.45, 2.75) is 19.8 Å². The summed E-state index contributed by atoms with van der Waals surface area (Å²) in [6, 6.07) is 5.34. The number of anilines is 2. The molecule has 1 unspecified atom stereocenters. The third-order valence-corrected chi connectivity index (χ3v) is 4.77. The van der Waals surface area contributed by atoms with Gasteiger partial charge in [0.25, 0.3) is 0 Å². The number of benzene rings is 1. The number of hydrogen-bond acceptors (Lipinski definition) is 5. The van der Waals surface area contributed by atoms with E-state index in [1.165, 1.54) is 0 Å². The van der Waals surface area contributed by atoms with Crippen LogP contribution in [0.3, 0.4) is 0 Å². The first-order valence-electron chi connectivity index (χ1n) is 8.25. The molecular formula is C18H21ClN4O2. The van der Waals surface area contributed by atoms with Gasteiger partial charge in [-0.25, -0.2) is 9.97 Å². The minimum absolute atomic E-state index is 0.0272. The van der Waals surface area contributed by atoms with Gasteiger partial charge in [-0.2, -0.15) is 0 Å². The average Bonchev–Trinajstić information content (AvgIpc) is 2.65. The third-order valence-electron chi connectivity index (χ3n) is 4.37. The normalized spacial score (nSPS) is 17.2. The highest BCUT2D eigenvalue weighted by atomic mass is 35.5. The number of ether oxygens (including phenoxy) is 1. The molecule has 1 aromatic carbocycles. The lowest BCUT2D eigenvalue weighted by Gasteiger charge is -2.32. The summed E-state index contributed by atoms with van der Waals surface area (Å²) in [6.45, 7) is 3.36. The molecule has 0 radical (unpaired) electrons. The summed E-state index contributed by atoms with van der Waals surface area (Å²) in [4.78, 5) is 23.3. The Balaban J connectivity index is 1.72. The quantitative estimate of drug-likeness (QED) is 0.906. The number of halogens is 1. The Kier molecular flexibility index (Phi) is 5.38. The summed E-state index contributed by atoms with van der Waals surface area (Å²) in [5.41, 5.74) is 1.53. The Labute approximate surface area is 152 Å². The van der Waals surface area contributed by atoms with E-state index in [1.54, 1.807) is 31.6 Å². The summed E-state index contributed by atoms with van der Waals surface area (Å²) in [5.74, 6) is 1.07. The van der Waals surface area contributed by atoms with Crippen LogP contribution in [0.4, 0.5) is 11.6 Å². The maximum atomic E-state index is 12.7. The zero-order valence-electron chi connectivity index (χ0n) is 14.3. The maximum absolute atomic E-state index is 12.7. The predicted molar refractivity (Wildman–Crippen MR) is 98.3 cm³/mol. The highest BCUT2D eigenvalue weighted by Gasteiger charge is 2.27. The van der Waals surface area contributed by atoms with E-state index in [-0.39, 0.29) is 11.8 Å². The molecule has 3 rings (SSSR count). The van der Waals surface area contributed by atoms with E-state index in [0.29, 0.717) is 29.0 Å². The van der Waals surface area contributed by atoms with E-state index >= 15 is 0 Å². The molecule has 1 amide bonds. The van der Waals surface area contributed by atoms with Crippen LogP contribution in [0.1, 0.15) is 18.4 Å². The van der Waals surface area contributed by atoms with Crippen LogP contribution in [-0.4, -0.2) is 36.1 Å². The second-order valence-corrected chi connectivity index (χ2v) is 6.53. The number of aryl methyl sites for hydroxylation is 1. The highest BCUT2D eigenvalue weighted by molar-refractivity contribution is 6.31. The standard InChI is InChI=1S/C18H21ClN4O2/c1-12-9-15(16(25-2)10-14(12)19)22-17(24)13-5-3-8-23(11-13)18-20-6-4-7-21-18/h4,6-7,9-10,13H,3,5,8,11H2,1-2H3,(H,22,24). The number of aromatic nitrogens is 2. The van der Waals surface area contributed by atoms with Gasteiger partial charge in [-0.1, -0.05) is 11.6 Å². The van der Waals surface area contributed by atoms with Crippen molar-refractivity contribution in [3.05, 3.63) is 41.2 Å². The largest absolute Gasteiger partial charge is 0.495 e. The maximum Gasteiger partial charge on any atom is 0.229 e. The number of amides is 1. The second kappa shape index (κ2) is 7.70. The van der Waals surface area contributed by atoms with Gasteiger partial charge in [-0.05, 0) is 37.5 Å². The summed E-state index contributed by atoms with van der Waals surface area (Å²) < 4.78 is 5.33. The van der Waals surface area contributed by atoms with Gasteiger partial charge in [0.05, 0.1) is 18.7 Å². The topological polar surface area (TPSA) is 67.3 Å². The van der Waals surface area contributed by atoms with Crippen LogP contribution >= 0.6 is 11.6 Å². The molecule has 1 aliphatic heterocycles. The van der Waals surface area contributed by atoms with Crippen molar-refractivity contribution in [3.63, 3.8) is 0 Å². The molecular weight excluding hydrogens is 340 g/mol. The van der Waals surface area contributed by atoms with Crippen molar-refractivity contribution in [2.75, 3.05) is 30.4 Å². The van der Waals surface area contributed by atoms with Gasteiger partial charge in [0, 0.05) is 36.6 Å². The van der Waals surface area contributed by atoms with Crippen LogP contribution in [0.25, 0.3) is 0 Å². The second-order valence-electron chi connectivity index (χ2n) is 6.12. The fourth-order valence-corrected chi connectivity index (χ4v) is 3.15. The third kappa shape index (κ3) is 4.02. The monoisotopic (exact) mass is 360 g/mol. The van der Waals surface area contributed by atoms with Gasteiger partial charge in [0.2, 0.25) is 11.9 Å². The fourth-order valence-electron chi connectivity index (χ4n) is 2.99. The van der Waals surface area contributed by atoms with Gasteiger partial charge in [0.15, 0.2) is 0 Å². The van der Waals surface area contributed by atoms with Crippen molar-refractivity contribution in [3.8, 4) is 5.75 Å². The van der Waals surface area contributed by atoms with Gasteiger partial charge >= 0.3 is 0 Å². The van der Waals surface area contributed by atoms with E-state index in [4.69, 9.17) is 16.3 Å². The first-order chi connectivity index (χ1) is 12.1. The van der Waals surface area contributed by atoms with Crippen LogP contribution in [0.15, 0.2) is 30.6 Å². The minimum Gasteiger partial charge on any atom is -0.495 e. The first-order valence-corrected chi connectivity index (χ1v) is 8.63. The van der Waals surface area contributed by atoms with Crippen LogP contribution < -0.4 is 15.0 Å². The SMILES string of the molecule is COc1cc(Cl)c(C)cc1NC(=O)C1CCCN(c2ncccn2)C1. The Hall–Kier alpha value is -2.34. The number of methoxy groups -OCH3 is 1. The lowest BCUT2D eigenvalue weighted by atomic mass is 9.97. The Bertz CT molecular complexity index is 754. The summed E-state index contributed by atoms with van der Waals surface area (Å²) in [7, 11) is 1.56. The minimum atomic E-state index is -0.127. The number of nitrogens with one attached hydrogen (secondary N) is 1. The number of piperidine rings is 1. The molecule has 1 N–H and O–H groups in total. The summed E-state index contributed by atoms with van der Waals surface area (Å²) >= 11 is 6.12. The molecule has 0 bridgehead atoms. The smallest absolute Gasteiger partial charge is 0.229 e. The van der Waals surface area contributed by atoms with Crippen molar-refractivity contribution in [1.29, 1.82) is 0 Å². The highest BCUT2D eigenvalue weighted by Crippen LogP contribution is 2.32. The molecule has 1 aliphatic rings. The number of nitrogens with zero attached hydrogens (tertiary/aromatic N) is 3. The number of rotatable bonds is 4. The van der Waals surface area contributed by atoms with Crippen molar-refractivity contribution in [2.24, 2.45) is 5.92 Å². The van der Waals surface area contributed by atoms with E-state index in [1.807, 2.05) is 13.0 Å². The van der Waals surface area contributed by atoms with Crippen LogP contribution in [-0.2, 0) is 4.79 Å². The molecule has 1 saturated heterocycles. The van der Waals surface area contributed by atoms with E-state index in [0.717, 1.165) is 24.9 Å². The van der Waals surface area contributed by atoms with Crippen LogP contribution in [0.5, 0.6) is 5.75 Å². The average molecular weight is 361 g/mol. The molecule has 25 heavy (non-hydrogen) atoms. The molecule has 7 heteroatoms. The Morgan fingerprint density at radius 3 is 2.84 bits per heavy atom. The van der Waals surface area contributed by atoms with Gasteiger partial charge in [0.1, 0.15) is 5.75 Å². The van der Waals surface area contributed by atoms with Gasteiger partial charge in [-0.3, -0.25) is 4.79 Å². The van der Waals surface area contributed by atoms with E-state index < -0.39 is 0 Å². The molecule has 0 aliphatic carbocycles. The number of carbonyl (C=O) groups excluding carboxylic acids is 1.